The number of hydrogen-bond donors (Lipinski definition) is 3. The fourth-order valence-corrected chi connectivity index (χ4v) is 2.32. The maximum atomic E-state index is 9.86. The van der Waals surface area contributed by atoms with E-state index in [0.29, 0.717) is 0 Å². The van der Waals surface area contributed by atoms with E-state index in [1.54, 1.807) is 6.33 Å². The monoisotopic (exact) mass is 286 g/mol. The Balaban J connectivity index is 0.000000318. The van der Waals surface area contributed by atoms with Crippen molar-refractivity contribution in [2.24, 2.45) is 0 Å². The summed E-state index contributed by atoms with van der Waals surface area (Å²) in [6, 6.07) is 0. The molecule has 0 spiro atoms. The lowest BCUT2D eigenvalue weighted by atomic mass is 10.4. The average molecular weight is 286 g/mol. The summed E-state index contributed by atoms with van der Waals surface area (Å²) in [6.45, 7) is 3.98. The molecule has 100 valence electrons. The number of rotatable bonds is 3. The van der Waals surface area contributed by atoms with Gasteiger partial charge in [-0.1, -0.05) is 0 Å². The van der Waals surface area contributed by atoms with E-state index >= 15 is 0 Å². The maximum Gasteiger partial charge on any atom is 0.265 e. The fourth-order valence-electron chi connectivity index (χ4n) is 0.638. The Kier molecular flexibility index (Phi) is 5.75. The van der Waals surface area contributed by atoms with Crippen LogP contribution < -0.4 is 0 Å². The van der Waals surface area contributed by atoms with Crippen LogP contribution in [-0.4, -0.2) is 47.4 Å². The second-order valence-electron chi connectivity index (χ2n) is 3.19. The summed E-state index contributed by atoms with van der Waals surface area (Å²) in [7, 11) is -8.59. The first-order valence-electron chi connectivity index (χ1n) is 4.38. The Hall–Kier alpha value is -0.970. The minimum Gasteiger partial charge on any atom is -0.348 e. The highest BCUT2D eigenvalue weighted by Crippen LogP contribution is 1.94. The molecule has 0 aromatic carbocycles. The number of hydrogen-bond acceptors (Lipinski definition) is 5. The number of aryl methyl sites for hydroxylation is 2. The summed E-state index contributed by atoms with van der Waals surface area (Å²) in [5.41, 5.74) is 2.24. The lowest BCUT2D eigenvalue weighted by molar-refractivity contribution is 0.472. The quantitative estimate of drug-likeness (QED) is 0.653. The summed E-state index contributed by atoms with van der Waals surface area (Å²) >= 11 is 0. The van der Waals surface area contributed by atoms with E-state index < -0.39 is 31.7 Å². The minimum absolute atomic E-state index is 0.980. The third-order valence-corrected chi connectivity index (χ3v) is 3.38. The molecule has 1 aromatic heterocycles. The summed E-state index contributed by atoms with van der Waals surface area (Å²) in [4.78, 5) is 6.92. The number of aromatic nitrogens is 2. The molecular weight excluding hydrogens is 272 g/mol. The summed E-state index contributed by atoms with van der Waals surface area (Å²) in [6.07, 6.45) is 1.70. The Morgan fingerprint density at radius 1 is 1.12 bits per heavy atom. The van der Waals surface area contributed by atoms with Gasteiger partial charge in [0.25, 0.3) is 20.2 Å². The average Bonchev–Trinajstić information content (AvgIpc) is 2.47. The van der Waals surface area contributed by atoms with Crippen LogP contribution in [0.4, 0.5) is 0 Å². The lowest BCUT2D eigenvalue weighted by Gasteiger charge is -1.92. The molecule has 1 aromatic rings. The minimum atomic E-state index is -4.30. The van der Waals surface area contributed by atoms with E-state index in [-0.39, 0.29) is 0 Å². The normalized spacial score (nSPS) is 11.8. The molecule has 1 heterocycles. The second-order valence-corrected chi connectivity index (χ2v) is 6.33. The van der Waals surface area contributed by atoms with Gasteiger partial charge in [0.2, 0.25) is 0 Å². The van der Waals surface area contributed by atoms with Crippen LogP contribution in [0, 0.1) is 13.8 Å². The molecule has 0 bridgehead atoms. The molecule has 1 rings (SSSR count). The van der Waals surface area contributed by atoms with Crippen LogP contribution in [0.1, 0.15) is 11.4 Å². The molecule has 0 aliphatic rings. The van der Waals surface area contributed by atoms with Gasteiger partial charge >= 0.3 is 0 Å². The van der Waals surface area contributed by atoms with E-state index in [2.05, 4.69) is 9.97 Å². The molecule has 0 saturated carbocycles. The smallest absolute Gasteiger partial charge is 0.265 e. The predicted molar refractivity (Wildman–Crippen MR) is 60.9 cm³/mol. The van der Waals surface area contributed by atoms with Crippen molar-refractivity contribution in [2.75, 3.05) is 11.5 Å². The van der Waals surface area contributed by atoms with Crippen molar-refractivity contribution in [3.8, 4) is 0 Å². The maximum absolute atomic E-state index is 9.86. The molecule has 10 heteroatoms. The van der Waals surface area contributed by atoms with Crippen LogP contribution in [0.15, 0.2) is 6.33 Å². The molecule has 0 atom stereocenters. The fraction of sp³-hybridized carbons (Fsp3) is 0.571. The van der Waals surface area contributed by atoms with E-state index in [0.717, 1.165) is 11.4 Å². The Morgan fingerprint density at radius 2 is 1.53 bits per heavy atom. The van der Waals surface area contributed by atoms with Crippen molar-refractivity contribution < 1.29 is 25.9 Å². The zero-order valence-corrected chi connectivity index (χ0v) is 10.9. The predicted octanol–water partition coefficient (Wildman–Crippen LogP) is -0.211. The van der Waals surface area contributed by atoms with Crippen LogP contribution in [0.2, 0.25) is 0 Å². The third-order valence-electron chi connectivity index (χ3n) is 1.68. The highest BCUT2D eigenvalue weighted by Gasteiger charge is 2.11. The van der Waals surface area contributed by atoms with E-state index in [1.165, 1.54) is 0 Å². The van der Waals surface area contributed by atoms with Gasteiger partial charge in [-0.3, -0.25) is 9.11 Å². The number of nitrogens with zero attached hydrogens (tertiary/aromatic N) is 1. The van der Waals surface area contributed by atoms with Crippen molar-refractivity contribution in [3.63, 3.8) is 0 Å². The van der Waals surface area contributed by atoms with Crippen LogP contribution in [0.3, 0.4) is 0 Å². The Bertz CT molecular complexity index is 496. The highest BCUT2D eigenvalue weighted by atomic mass is 32.2. The van der Waals surface area contributed by atoms with Crippen LogP contribution >= 0.6 is 0 Å². The number of H-pyrrole nitrogens is 1. The SMILES string of the molecule is Cc1nc[nH]c1C.O=S(=O)(O)CCS(=O)(=O)O. The van der Waals surface area contributed by atoms with Gasteiger partial charge in [0.05, 0.1) is 23.5 Å². The molecule has 0 amide bonds. The summed E-state index contributed by atoms with van der Waals surface area (Å²) in [5.74, 6) is -1.96. The van der Waals surface area contributed by atoms with Gasteiger partial charge in [-0.2, -0.15) is 16.8 Å². The van der Waals surface area contributed by atoms with Gasteiger partial charge in [0.15, 0.2) is 0 Å². The second kappa shape index (κ2) is 6.10. The van der Waals surface area contributed by atoms with Crippen molar-refractivity contribution in [1.82, 2.24) is 9.97 Å². The van der Waals surface area contributed by atoms with Crippen LogP contribution in [0.5, 0.6) is 0 Å². The molecule has 0 fully saturated rings. The van der Waals surface area contributed by atoms with Crippen LogP contribution in [0.25, 0.3) is 0 Å². The first-order chi connectivity index (χ1) is 7.51. The van der Waals surface area contributed by atoms with Crippen LogP contribution in [-0.2, 0) is 20.2 Å². The van der Waals surface area contributed by atoms with Crippen molar-refractivity contribution in [3.05, 3.63) is 17.7 Å². The standard InChI is InChI=1S/C5H8N2.C2H6O6S2/c1-4-5(2)7-3-6-4;3-9(4,5)1-2-10(6,7)8/h3H,1-2H3,(H,6,7);1-2H2,(H,3,4,5)(H,6,7,8). The van der Waals surface area contributed by atoms with Crippen molar-refractivity contribution in [2.45, 2.75) is 13.8 Å². The number of aromatic amines is 1. The van der Waals surface area contributed by atoms with Gasteiger partial charge in [0, 0.05) is 5.69 Å². The van der Waals surface area contributed by atoms with Gasteiger partial charge in [-0.25, -0.2) is 4.98 Å². The molecule has 0 saturated heterocycles. The number of nitrogens with one attached hydrogen (secondary N) is 1. The molecule has 8 nitrogen and oxygen atoms in total. The molecule has 3 N–H and O–H groups in total. The lowest BCUT2D eigenvalue weighted by Crippen LogP contribution is -2.15. The Morgan fingerprint density at radius 3 is 1.65 bits per heavy atom. The molecule has 17 heavy (non-hydrogen) atoms. The molecular formula is C7H14N2O6S2. The third kappa shape index (κ3) is 9.93. The first-order valence-corrected chi connectivity index (χ1v) is 7.60. The van der Waals surface area contributed by atoms with E-state index in [4.69, 9.17) is 9.11 Å². The molecule has 0 aliphatic carbocycles. The first kappa shape index (κ1) is 16.0. The van der Waals surface area contributed by atoms with Gasteiger partial charge in [-0.05, 0) is 13.8 Å². The summed E-state index contributed by atoms with van der Waals surface area (Å²) in [5, 5.41) is 0. The van der Waals surface area contributed by atoms with Gasteiger partial charge in [0.1, 0.15) is 0 Å². The molecule has 0 radical (unpaired) electrons. The topological polar surface area (TPSA) is 137 Å². The van der Waals surface area contributed by atoms with Gasteiger partial charge < -0.3 is 4.98 Å². The highest BCUT2D eigenvalue weighted by molar-refractivity contribution is 7.89. The van der Waals surface area contributed by atoms with Crippen molar-refractivity contribution >= 4 is 20.2 Å². The van der Waals surface area contributed by atoms with E-state index in [9.17, 15) is 16.8 Å². The van der Waals surface area contributed by atoms with E-state index in [1.807, 2.05) is 13.8 Å². The van der Waals surface area contributed by atoms with Crippen molar-refractivity contribution in [1.29, 1.82) is 0 Å². The van der Waals surface area contributed by atoms with Gasteiger partial charge in [-0.15, -0.1) is 0 Å². The largest absolute Gasteiger partial charge is 0.348 e. The molecule has 0 unspecified atom stereocenters. The zero-order valence-electron chi connectivity index (χ0n) is 9.28. The number of imidazole rings is 1. The zero-order chi connectivity index (χ0) is 13.7. The summed E-state index contributed by atoms with van der Waals surface area (Å²) < 4.78 is 55.4. The Labute approximate surface area is 99.6 Å². The molecule has 0 aliphatic heterocycles.